The molecule has 0 aliphatic rings. The number of aromatic nitrogens is 6. The zero-order valence-electron chi connectivity index (χ0n) is 22.0. The van der Waals surface area contributed by atoms with Gasteiger partial charge in [0.25, 0.3) is 0 Å². The van der Waals surface area contributed by atoms with Crippen LogP contribution in [0, 0.1) is 6.92 Å². The first-order valence-corrected chi connectivity index (χ1v) is 14.6. The van der Waals surface area contributed by atoms with Crippen LogP contribution in [-0.4, -0.2) is 44.5 Å². The molecule has 0 radical (unpaired) electrons. The maximum absolute atomic E-state index is 12.9. The van der Waals surface area contributed by atoms with Gasteiger partial charge in [-0.1, -0.05) is 61.5 Å². The van der Waals surface area contributed by atoms with Crippen molar-refractivity contribution < 1.29 is 8.42 Å². The third kappa shape index (κ3) is 4.62. The van der Waals surface area contributed by atoms with Crippen molar-refractivity contribution in [3.05, 3.63) is 102 Å². The maximum atomic E-state index is 12.9. The molecule has 6 aromatic rings. The number of H-pyrrole nitrogens is 1. The first-order valence-electron chi connectivity index (χ1n) is 12.9. The number of aromatic amines is 1. The lowest BCUT2D eigenvalue weighted by molar-refractivity contribution is 0.598. The van der Waals surface area contributed by atoms with Crippen LogP contribution >= 0.6 is 0 Å². The second-order valence-electron chi connectivity index (χ2n) is 9.40. The van der Waals surface area contributed by atoms with Gasteiger partial charge in [0.05, 0.1) is 21.6 Å². The van der Waals surface area contributed by atoms with Crippen LogP contribution in [0.1, 0.15) is 18.3 Å². The highest BCUT2D eigenvalue weighted by Crippen LogP contribution is 2.37. The molecule has 2 aromatic heterocycles. The van der Waals surface area contributed by atoms with E-state index in [0.717, 1.165) is 44.8 Å². The molecule has 9 nitrogen and oxygen atoms in total. The maximum Gasteiger partial charge on any atom is 0.205 e. The van der Waals surface area contributed by atoms with Gasteiger partial charge in [-0.15, -0.1) is 10.2 Å². The topological polar surface area (TPSA) is 118 Å². The van der Waals surface area contributed by atoms with Crippen molar-refractivity contribution in [1.82, 2.24) is 30.2 Å². The fourth-order valence-corrected chi connectivity index (χ4v) is 6.08. The number of benzene rings is 4. The van der Waals surface area contributed by atoms with Crippen molar-refractivity contribution in [2.45, 2.75) is 25.2 Å². The number of sulfone groups is 1. The molecule has 40 heavy (non-hydrogen) atoms. The fourth-order valence-electron chi connectivity index (χ4n) is 4.99. The average molecular weight is 550 g/mol. The molecule has 0 aliphatic carbocycles. The monoisotopic (exact) mass is 549 g/mol. The van der Waals surface area contributed by atoms with E-state index in [9.17, 15) is 8.42 Å². The summed E-state index contributed by atoms with van der Waals surface area (Å²) in [5.41, 5.74) is 7.22. The van der Waals surface area contributed by atoms with Gasteiger partial charge >= 0.3 is 0 Å². The fraction of sp³-hybridized carbons (Fsp3) is 0.133. The number of aryl methyl sites for hydroxylation is 1. The van der Waals surface area contributed by atoms with Crippen LogP contribution in [0.25, 0.3) is 39.2 Å². The molecular formula is C30H27N7O2S. The molecule has 10 heteroatoms. The molecule has 0 spiro atoms. The van der Waals surface area contributed by atoms with Crippen molar-refractivity contribution in [3.8, 4) is 28.2 Å². The highest BCUT2D eigenvalue weighted by atomic mass is 32.2. The van der Waals surface area contributed by atoms with Gasteiger partial charge in [-0.05, 0) is 65.2 Å². The zero-order valence-corrected chi connectivity index (χ0v) is 22.9. The lowest BCUT2D eigenvalue weighted by atomic mass is 9.94. The number of imidazole rings is 1. The van der Waals surface area contributed by atoms with Gasteiger partial charge in [0, 0.05) is 17.7 Å². The summed E-state index contributed by atoms with van der Waals surface area (Å²) in [6.07, 6.45) is 0.706. The van der Waals surface area contributed by atoms with Gasteiger partial charge in [-0.2, -0.15) is 5.21 Å². The molecule has 0 saturated heterocycles. The van der Waals surface area contributed by atoms with Gasteiger partial charge in [0.2, 0.25) is 5.82 Å². The molecule has 0 unspecified atom stereocenters. The lowest BCUT2D eigenvalue weighted by Crippen LogP contribution is -2.14. The van der Waals surface area contributed by atoms with Crippen molar-refractivity contribution in [3.63, 3.8) is 0 Å². The van der Waals surface area contributed by atoms with Crippen LogP contribution in [0.2, 0.25) is 0 Å². The van der Waals surface area contributed by atoms with Crippen molar-refractivity contribution >= 4 is 26.6 Å². The van der Waals surface area contributed by atoms with E-state index in [-0.39, 0.29) is 10.8 Å². The number of hydrogen-bond acceptors (Lipinski definition) is 7. The van der Waals surface area contributed by atoms with Crippen molar-refractivity contribution in [2.75, 3.05) is 11.2 Å². The summed E-state index contributed by atoms with van der Waals surface area (Å²) in [4.78, 5) is 5.17. The van der Waals surface area contributed by atoms with E-state index < -0.39 is 9.84 Å². The largest absolute Gasteiger partial charge is 0.371 e. The molecule has 6 rings (SSSR count). The number of rotatable bonds is 8. The lowest BCUT2D eigenvalue weighted by Gasteiger charge is -2.17. The smallest absolute Gasteiger partial charge is 0.205 e. The molecule has 0 amide bonds. The molecular weight excluding hydrogens is 522 g/mol. The number of nitrogens with one attached hydrogen (secondary N) is 2. The average Bonchev–Trinajstić information content (AvgIpc) is 3.65. The van der Waals surface area contributed by atoms with E-state index in [4.69, 9.17) is 4.98 Å². The molecule has 0 fully saturated rings. The highest BCUT2D eigenvalue weighted by molar-refractivity contribution is 7.91. The molecule has 200 valence electrons. The number of nitrogens with zero attached hydrogens (tertiary/aromatic N) is 5. The molecule has 2 N–H and O–H groups in total. The Hall–Kier alpha value is -4.83. The molecule has 2 heterocycles. The van der Waals surface area contributed by atoms with Gasteiger partial charge in [0.1, 0.15) is 11.7 Å². The summed E-state index contributed by atoms with van der Waals surface area (Å²) in [6, 6.07) is 28.4. The van der Waals surface area contributed by atoms with Gasteiger partial charge in [0.15, 0.2) is 9.84 Å². The summed E-state index contributed by atoms with van der Waals surface area (Å²) >= 11 is 0. The van der Waals surface area contributed by atoms with Crippen LogP contribution in [-0.2, 0) is 16.3 Å². The standard InChI is InChI=1S/C30H27N7O2S/c1-3-28-32-25-16-14-22(31-19-40(38,39)23-12-8-5-9-13-23)18-27(25)37(28)26-17-15-24(21-10-6-4-7-11-21)29(20(26)2)30-33-35-36-34-30/h4-18,31H,3,19H2,1-2H3,(H,33,34,35,36). The zero-order chi connectivity index (χ0) is 27.7. The Morgan fingerprint density at radius 1 is 0.925 bits per heavy atom. The van der Waals surface area contributed by atoms with Crippen LogP contribution in [0.15, 0.2) is 95.9 Å². The Balaban J connectivity index is 1.46. The van der Waals surface area contributed by atoms with E-state index in [1.54, 1.807) is 30.3 Å². The number of hydrogen-bond donors (Lipinski definition) is 2. The summed E-state index contributed by atoms with van der Waals surface area (Å²) < 4.78 is 27.8. The summed E-state index contributed by atoms with van der Waals surface area (Å²) in [7, 11) is -3.50. The van der Waals surface area contributed by atoms with Crippen molar-refractivity contribution in [2.24, 2.45) is 0 Å². The van der Waals surface area contributed by atoms with Crippen molar-refractivity contribution in [1.29, 1.82) is 0 Å². The normalized spacial score (nSPS) is 11.7. The van der Waals surface area contributed by atoms with Crippen LogP contribution in [0.3, 0.4) is 0 Å². The SMILES string of the molecule is CCc1nc2ccc(NCS(=O)(=O)c3ccccc3)cc2n1-c1ccc(-c2ccccc2)c(-c2nn[nH]n2)c1C. The quantitative estimate of drug-likeness (QED) is 0.254. The predicted molar refractivity (Wildman–Crippen MR) is 156 cm³/mol. The minimum Gasteiger partial charge on any atom is -0.371 e. The Labute approximate surface area is 231 Å². The second-order valence-corrected chi connectivity index (χ2v) is 11.4. The van der Waals surface area contributed by atoms with Gasteiger partial charge in [-0.25, -0.2) is 13.4 Å². The number of tetrazole rings is 1. The van der Waals surface area contributed by atoms with E-state index in [2.05, 4.69) is 61.7 Å². The van der Waals surface area contributed by atoms with E-state index in [0.29, 0.717) is 17.9 Å². The third-order valence-electron chi connectivity index (χ3n) is 6.94. The minimum absolute atomic E-state index is 0.218. The third-order valence-corrected chi connectivity index (χ3v) is 8.45. The van der Waals surface area contributed by atoms with E-state index in [1.807, 2.05) is 43.3 Å². The molecule has 0 atom stereocenters. The van der Waals surface area contributed by atoms with Crippen LogP contribution in [0.5, 0.6) is 0 Å². The Kier molecular flexibility index (Phi) is 6.61. The molecule has 0 aliphatic heterocycles. The Bertz CT molecular complexity index is 1900. The summed E-state index contributed by atoms with van der Waals surface area (Å²) in [6.45, 7) is 4.12. The predicted octanol–water partition coefficient (Wildman–Crippen LogP) is 5.59. The summed E-state index contributed by atoms with van der Waals surface area (Å²) in [5, 5.41) is 18.1. The highest BCUT2D eigenvalue weighted by Gasteiger charge is 2.21. The minimum atomic E-state index is -3.50. The van der Waals surface area contributed by atoms with Crippen LogP contribution in [0.4, 0.5) is 5.69 Å². The summed E-state index contributed by atoms with van der Waals surface area (Å²) in [5.74, 6) is 1.18. The van der Waals surface area contributed by atoms with Gasteiger partial charge < -0.3 is 5.32 Å². The van der Waals surface area contributed by atoms with Crippen LogP contribution < -0.4 is 5.32 Å². The first kappa shape index (κ1) is 25.4. The number of fused-ring (bicyclic) bond motifs is 1. The molecule has 4 aromatic carbocycles. The Morgan fingerprint density at radius 3 is 2.38 bits per heavy atom. The number of anilines is 1. The molecule has 0 bridgehead atoms. The molecule has 0 saturated carbocycles. The Morgan fingerprint density at radius 2 is 1.68 bits per heavy atom. The van der Waals surface area contributed by atoms with Gasteiger partial charge in [-0.3, -0.25) is 4.57 Å². The van der Waals surface area contributed by atoms with E-state index in [1.165, 1.54) is 0 Å². The second kappa shape index (κ2) is 10.4. The van der Waals surface area contributed by atoms with E-state index >= 15 is 0 Å². The first-order chi connectivity index (χ1) is 19.5.